The van der Waals surface area contributed by atoms with E-state index in [2.05, 4.69) is 52.1 Å². The van der Waals surface area contributed by atoms with E-state index in [9.17, 15) is 0 Å². The van der Waals surface area contributed by atoms with Crippen molar-refractivity contribution in [2.75, 3.05) is 6.54 Å². The van der Waals surface area contributed by atoms with E-state index in [0.717, 1.165) is 35.2 Å². The van der Waals surface area contributed by atoms with E-state index >= 15 is 0 Å². The first-order chi connectivity index (χ1) is 9.58. The van der Waals surface area contributed by atoms with E-state index in [0.29, 0.717) is 6.04 Å². The lowest BCUT2D eigenvalue weighted by Crippen LogP contribution is -2.24. The summed E-state index contributed by atoms with van der Waals surface area (Å²) in [4.78, 5) is 5.69. The number of nitrogens with zero attached hydrogens (tertiary/aromatic N) is 3. The minimum absolute atomic E-state index is 0.295. The average molecular weight is 357 g/mol. The molecular formula is C14H21BrN4S. The van der Waals surface area contributed by atoms with Gasteiger partial charge in [0.2, 0.25) is 0 Å². The number of aryl methyl sites for hydroxylation is 3. The van der Waals surface area contributed by atoms with Crippen LogP contribution in [0.4, 0.5) is 0 Å². The molecule has 2 aromatic rings. The van der Waals surface area contributed by atoms with E-state index in [1.54, 1.807) is 11.3 Å². The van der Waals surface area contributed by atoms with Crippen LogP contribution in [0.15, 0.2) is 9.98 Å². The lowest BCUT2D eigenvalue weighted by molar-refractivity contribution is 0.532. The Hall–Kier alpha value is -0.720. The van der Waals surface area contributed by atoms with Crippen molar-refractivity contribution < 1.29 is 0 Å². The van der Waals surface area contributed by atoms with Gasteiger partial charge in [-0.15, -0.1) is 11.3 Å². The van der Waals surface area contributed by atoms with Gasteiger partial charge < -0.3 is 5.32 Å². The molecule has 1 atom stereocenters. The normalized spacial score (nSPS) is 12.8. The van der Waals surface area contributed by atoms with Crippen LogP contribution in [0, 0.1) is 6.92 Å². The molecule has 110 valence electrons. The maximum Gasteiger partial charge on any atom is 0.0798 e. The van der Waals surface area contributed by atoms with Gasteiger partial charge in [-0.05, 0) is 35.8 Å². The highest BCUT2D eigenvalue weighted by molar-refractivity contribution is 9.10. The second-order valence-corrected chi connectivity index (χ2v) is 6.48. The van der Waals surface area contributed by atoms with Crippen LogP contribution in [-0.2, 0) is 19.9 Å². The van der Waals surface area contributed by atoms with Gasteiger partial charge in [0, 0.05) is 24.4 Å². The number of thiazole rings is 1. The zero-order chi connectivity index (χ0) is 14.7. The van der Waals surface area contributed by atoms with Crippen molar-refractivity contribution in [2.24, 2.45) is 7.05 Å². The Morgan fingerprint density at radius 2 is 2.20 bits per heavy atom. The van der Waals surface area contributed by atoms with E-state index in [1.165, 1.54) is 10.6 Å². The van der Waals surface area contributed by atoms with Gasteiger partial charge in [-0.3, -0.25) is 4.68 Å². The quantitative estimate of drug-likeness (QED) is 0.862. The molecule has 0 aromatic carbocycles. The van der Waals surface area contributed by atoms with Gasteiger partial charge in [-0.1, -0.05) is 13.8 Å². The third kappa shape index (κ3) is 3.13. The van der Waals surface area contributed by atoms with Gasteiger partial charge in [0.25, 0.3) is 0 Å². The Bertz CT molecular complexity index is 576. The van der Waals surface area contributed by atoms with Crippen LogP contribution >= 0.6 is 27.3 Å². The highest BCUT2D eigenvalue weighted by atomic mass is 79.9. The summed E-state index contributed by atoms with van der Waals surface area (Å²) in [5.74, 6) is 0. The summed E-state index contributed by atoms with van der Waals surface area (Å²) in [6, 6.07) is 0.295. The van der Waals surface area contributed by atoms with Crippen LogP contribution in [0.2, 0.25) is 0 Å². The smallest absolute Gasteiger partial charge is 0.0798 e. The van der Waals surface area contributed by atoms with Crippen LogP contribution in [-0.4, -0.2) is 21.3 Å². The van der Waals surface area contributed by atoms with Crippen LogP contribution in [0.3, 0.4) is 0 Å². The second kappa shape index (κ2) is 6.83. The number of likely N-dealkylation sites (N-methyl/N-ethyl adjacent to an activating group) is 1. The standard InChI is InChI=1S/C14H21BrN4S/c1-5-10-13(15)12(19(4)18-10)7-11(16-6-2)14-9(3)17-8-20-14/h8,11,16H,5-7H2,1-4H3. The molecule has 0 spiro atoms. The molecule has 0 radical (unpaired) electrons. The first-order valence-corrected chi connectivity index (χ1v) is 8.59. The van der Waals surface area contributed by atoms with Crippen LogP contribution < -0.4 is 5.32 Å². The van der Waals surface area contributed by atoms with E-state index in [4.69, 9.17) is 0 Å². The molecule has 0 amide bonds. The fraction of sp³-hybridized carbons (Fsp3) is 0.571. The first-order valence-electron chi connectivity index (χ1n) is 6.92. The fourth-order valence-corrected chi connectivity index (χ4v) is 4.04. The Morgan fingerprint density at radius 1 is 1.45 bits per heavy atom. The third-order valence-electron chi connectivity index (χ3n) is 3.45. The highest BCUT2D eigenvalue weighted by Gasteiger charge is 2.21. The number of aromatic nitrogens is 3. The molecule has 4 nitrogen and oxygen atoms in total. The van der Waals surface area contributed by atoms with Crippen LogP contribution in [0.25, 0.3) is 0 Å². The Balaban J connectivity index is 2.29. The van der Waals surface area contributed by atoms with E-state index in [1.807, 2.05) is 17.2 Å². The molecule has 6 heteroatoms. The summed E-state index contributed by atoms with van der Waals surface area (Å²) in [6.45, 7) is 7.29. The zero-order valence-electron chi connectivity index (χ0n) is 12.4. The van der Waals surface area contributed by atoms with Crippen molar-refractivity contribution in [1.29, 1.82) is 0 Å². The predicted octanol–water partition coefficient (Wildman–Crippen LogP) is 3.40. The molecule has 20 heavy (non-hydrogen) atoms. The minimum atomic E-state index is 0.295. The van der Waals surface area contributed by atoms with Gasteiger partial charge >= 0.3 is 0 Å². The second-order valence-electron chi connectivity index (χ2n) is 4.80. The van der Waals surface area contributed by atoms with Crippen molar-refractivity contribution in [1.82, 2.24) is 20.1 Å². The molecule has 0 aliphatic rings. The topological polar surface area (TPSA) is 42.7 Å². The molecule has 2 heterocycles. The Kier molecular flexibility index (Phi) is 5.35. The summed E-state index contributed by atoms with van der Waals surface area (Å²) in [7, 11) is 2.02. The first kappa shape index (κ1) is 15.7. The maximum atomic E-state index is 4.58. The van der Waals surface area contributed by atoms with Crippen molar-refractivity contribution in [3.05, 3.63) is 31.9 Å². The SMILES string of the molecule is CCNC(Cc1c(Br)c(CC)nn1C)c1scnc1C. The lowest BCUT2D eigenvalue weighted by atomic mass is 10.1. The Labute approximate surface area is 132 Å². The molecule has 0 saturated carbocycles. The number of nitrogens with one attached hydrogen (secondary N) is 1. The van der Waals surface area contributed by atoms with Gasteiger partial charge in [0.05, 0.1) is 27.1 Å². The molecule has 1 unspecified atom stereocenters. The number of hydrogen-bond donors (Lipinski definition) is 1. The molecular weight excluding hydrogens is 336 g/mol. The summed E-state index contributed by atoms with van der Waals surface area (Å²) in [5, 5.41) is 8.14. The van der Waals surface area contributed by atoms with Crippen LogP contribution in [0.5, 0.6) is 0 Å². The average Bonchev–Trinajstić information content (AvgIpc) is 2.96. The summed E-state index contributed by atoms with van der Waals surface area (Å²) < 4.78 is 3.14. The van der Waals surface area contributed by atoms with Crippen molar-refractivity contribution >= 4 is 27.3 Å². The molecule has 2 rings (SSSR count). The number of rotatable bonds is 6. The zero-order valence-corrected chi connectivity index (χ0v) is 14.8. The monoisotopic (exact) mass is 356 g/mol. The van der Waals surface area contributed by atoms with Gasteiger partial charge in [-0.2, -0.15) is 5.10 Å². The molecule has 0 aliphatic heterocycles. The summed E-state index contributed by atoms with van der Waals surface area (Å²) in [5.41, 5.74) is 5.40. The van der Waals surface area contributed by atoms with Crippen molar-refractivity contribution in [2.45, 2.75) is 39.7 Å². The molecule has 0 saturated heterocycles. The maximum absolute atomic E-state index is 4.58. The van der Waals surface area contributed by atoms with Crippen molar-refractivity contribution in [3.8, 4) is 0 Å². The molecule has 0 bridgehead atoms. The third-order valence-corrected chi connectivity index (χ3v) is 5.41. The number of halogens is 1. The van der Waals surface area contributed by atoms with Gasteiger partial charge in [-0.25, -0.2) is 4.98 Å². The Morgan fingerprint density at radius 3 is 2.70 bits per heavy atom. The molecule has 1 N–H and O–H groups in total. The van der Waals surface area contributed by atoms with E-state index < -0.39 is 0 Å². The lowest BCUT2D eigenvalue weighted by Gasteiger charge is -2.17. The van der Waals surface area contributed by atoms with E-state index in [-0.39, 0.29) is 0 Å². The predicted molar refractivity (Wildman–Crippen MR) is 87.3 cm³/mol. The largest absolute Gasteiger partial charge is 0.309 e. The fourth-order valence-electron chi connectivity index (χ4n) is 2.38. The molecule has 2 aromatic heterocycles. The number of hydrogen-bond acceptors (Lipinski definition) is 4. The summed E-state index contributed by atoms with van der Waals surface area (Å²) >= 11 is 5.42. The molecule has 0 fully saturated rings. The van der Waals surface area contributed by atoms with Crippen LogP contribution in [0.1, 0.15) is 41.8 Å². The molecule has 0 aliphatic carbocycles. The van der Waals surface area contributed by atoms with Gasteiger partial charge in [0.1, 0.15) is 0 Å². The van der Waals surface area contributed by atoms with Crippen molar-refractivity contribution in [3.63, 3.8) is 0 Å². The minimum Gasteiger partial charge on any atom is -0.309 e. The van der Waals surface area contributed by atoms with Gasteiger partial charge in [0.15, 0.2) is 0 Å². The summed E-state index contributed by atoms with van der Waals surface area (Å²) in [6.07, 6.45) is 1.86. The highest BCUT2D eigenvalue weighted by Crippen LogP contribution is 2.29.